The van der Waals surface area contributed by atoms with Crippen LogP contribution in [0.5, 0.6) is 0 Å². The third-order valence-corrected chi connectivity index (χ3v) is 3.79. The van der Waals surface area contributed by atoms with Gasteiger partial charge in [-0.15, -0.1) is 0 Å². The zero-order valence-corrected chi connectivity index (χ0v) is 13.4. The maximum Gasteiger partial charge on any atom is 0.251 e. The topological polar surface area (TPSA) is 45.2 Å². The molecule has 0 bridgehead atoms. The number of benzene rings is 1. The predicted octanol–water partition coefficient (Wildman–Crippen LogP) is 2.68. The van der Waals surface area contributed by atoms with Crippen LogP contribution >= 0.6 is 0 Å². The van der Waals surface area contributed by atoms with Crippen LogP contribution in [0.3, 0.4) is 0 Å². The van der Waals surface area contributed by atoms with Crippen molar-refractivity contribution < 1.29 is 4.79 Å². The van der Waals surface area contributed by atoms with Crippen LogP contribution < -0.4 is 5.32 Å². The van der Waals surface area contributed by atoms with Crippen molar-refractivity contribution in [2.75, 3.05) is 20.6 Å². The number of likely N-dealkylation sites (N-methyl/N-ethyl adjacent to an activating group) is 1. The Bertz CT molecular complexity index is 593. The van der Waals surface area contributed by atoms with Gasteiger partial charge in [0, 0.05) is 24.5 Å². The highest BCUT2D eigenvalue weighted by Gasteiger charge is 2.15. The van der Waals surface area contributed by atoms with Gasteiger partial charge in [-0.1, -0.05) is 31.2 Å². The van der Waals surface area contributed by atoms with Crippen LogP contribution in [0.4, 0.5) is 0 Å². The third-order valence-electron chi connectivity index (χ3n) is 3.79. The molecule has 4 heteroatoms. The fraction of sp³-hybridized carbons (Fsp3) is 0.333. The van der Waals surface area contributed by atoms with E-state index in [0.717, 1.165) is 6.42 Å². The summed E-state index contributed by atoms with van der Waals surface area (Å²) in [6.45, 7) is 2.72. The van der Waals surface area contributed by atoms with Gasteiger partial charge in [0.2, 0.25) is 0 Å². The Kier molecular flexibility index (Phi) is 5.67. The van der Waals surface area contributed by atoms with Gasteiger partial charge in [0.15, 0.2) is 0 Å². The lowest BCUT2D eigenvalue weighted by molar-refractivity contribution is 0.0942. The molecule has 0 aliphatic heterocycles. The first-order valence-electron chi connectivity index (χ1n) is 7.55. The van der Waals surface area contributed by atoms with Gasteiger partial charge in [-0.3, -0.25) is 9.78 Å². The Morgan fingerprint density at radius 1 is 1.14 bits per heavy atom. The number of hydrogen-bond acceptors (Lipinski definition) is 3. The van der Waals surface area contributed by atoms with E-state index in [1.165, 1.54) is 11.1 Å². The first kappa shape index (κ1) is 16.2. The molecule has 0 aliphatic carbocycles. The molecule has 0 saturated heterocycles. The van der Waals surface area contributed by atoms with Crippen molar-refractivity contribution in [3.8, 4) is 0 Å². The lowest BCUT2D eigenvalue weighted by atomic mass is 10.0. The third kappa shape index (κ3) is 4.15. The lowest BCUT2D eigenvalue weighted by Crippen LogP contribution is -2.34. The molecule has 22 heavy (non-hydrogen) atoms. The molecule has 0 aliphatic rings. The van der Waals surface area contributed by atoms with Crippen LogP contribution in [0.2, 0.25) is 0 Å². The minimum Gasteiger partial charge on any atom is -0.350 e. The summed E-state index contributed by atoms with van der Waals surface area (Å²) in [6, 6.07) is 12.2. The lowest BCUT2D eigenvalue weighted by Gasteiger charge is -2.25. The van der Waals surface area contributed by atoms with E-state index in [4.69, 9.17) is 0 Å². The molecule has 0 radical (unpaired) electrons. The summed E-state index contributed by atoms with van der Waals surface area (Å²) in [5.74, 6) is -0.0700. The molecule has 0 fully saturated rings. The van der Waals surface area contributed by atoms with Crippen molar-refractivity contribution in [2.24, 2.45) is 0 Å². The number of aryl methyl sites for hydroxylation is 1. The SMILES string of the molecule is CCc1ccc(C(CNC(=O)c2ccncc2)N(C)C)cc1. The summed E-state index contributed by atoms with van der Waals surface area (Å²) in [7, 11) is 4.05. The Morgan fingerprint density at radius 3 is 2.32 bits per heavy atom. The van der Waals surface area contributed by atoms with E-state index in [1.807, 2.05) is 14.1 Å². The molecular formula is C18H23N3O. The van der Waals surface area contributed by atoms with E-state index < -0.39 is 0 Å². The molecule has 4 nitrogen and oxygen atoms in total. The molecule has 0 spiro atoms. The zero-order valence-electron chi connectivity index (χ0n) is 13.4. The maximum absolute atomic E-state index is 12.1. The normalized spacial score (nSPS) is 12.2. The summed E-state index contributed by atoms with van der Waals surface area (Å²) in [5.41, 5.74) is 3.16. The Morgan fingerprint density at radius 2 is 1.77 bits per heavy atom. The van der Waals surface area contributed by atoms with Crippen LogP contribution in [0.1, 0.15) is 34.5 Å². The molecule has 1 N–H and O–H groups in total. The quantitative estimate of drug-likeness (QED) is 0.891. The molecule has 116 valence electrons. The van der Waals surface area contributed by atoms with Crippen molar-refractivity contribution in [1.29, 1.82) is 0 Å². The van der Waals surface area contributed by atoms with Gasteiger partial charge in [0.25, 0.3) is 5.91 Å². The second-order valence-corrected chi connectivity index (χ2v) is 5.52. The Balaban J connectivity index is 2.04. The van der Waals surface area contributed by atoms with Gasteiger partial charge in [-0.05, 0) is 43.8 Å². The molecule has 1 amide bonds. The minimum absolute atomic E-state index is 0.0700. The van der Waals surface area contributed by atoms with Gasteiger partial charge >= 0.3 is 0 Å². The average molecular weight is 297 g/mol. The Labute approximate surface area is 132 Å². The number of hydrogen-bond donors (Lipinski definition) is 1. The van der Waals surface area contributed by atoms with E-state index in [-0.39, 0.29) is 11.9 Å². The smallest absolute Gasteiger partial charge is 0.251 e. The Hall–Kier alpha value is -2.20. The second-order valence-electron chi connectivity index (χ2n) is 5.52. The zero-order chi connectivity index (χ0) is 15.9. The van der Waals surface area contributed by atoms with Crippen LogP contribution in [0, 0.1) is 0 Å². The molecule has 1 atom stereocenters. The molecule has 1 aromatic carbocycles. The van der Waals surface area contributed by atoms with Gasteiger partial charge < -0.3 is 10.2 Å². The van der Waals surface area contributed by atoms with E-state index in [2.05, 4.69) is 46.4 Å². The predicted molar refractivity (Wildman–Crippen MR) is 88.8 cm³/mol. The summed E-state index contributed by atoms with van der Waals surface area (Å²) in [5, 5.41) is 3.00. The first-order chi connectivity index (χ1) is 10.6. The van der Waals surface area contributed by atoms with Crippen LogP contribution in [0.15, 0.2) is 48.8 Å². The number of carbonyl (C=O) groups excluding carboxylic acids is 1. The fourth-order valence-corrected chi connectivity index (χ4v) is 2.37. The monoisotopic (exact) mass is 297 g/mol. The molecule has 2 aromatic rings. The molecular weight excluding hydrogens is 274 g/mol. The summed E-state index contributed by atoms with van der Waals surface area (Å²) < 4.78 is 0. The van der Waals surface area contributed by atoms with Gasteiger partial charge in [-0.2, -0.15) is 0 Å². The van der Waals surface area contributed by atoms with Crippen LogP contribution in [-0.4, -0.2) is 36.4 Å². The van der Waals surface area contributed by atoms with Crippen molar-refractivity contribution in [3.05, 3.63) is 65.5 Å². The van der Waals surface area contributed by atoms with Gasteiger partial charge in [-0.25, -0.2) is 0 Å². The summed E-state index contributed by atoms with van der Waals surface area (Å²) >= 11 is 0. The number of amides is 1. The highest BCUT2D eigenvalue weighted by atomic mass is 16.1. The van der Waals surface area contributed by atoms with Crippen molar-refractivity contribution >= 4 is 5.91 Å². The maximum atomic E-state index is 12.1. The molecule has 1 unspecified atom stereocenters. The number of rotatable bonds is 6. The van der Waals surface area contributed by atoms with Crippen molar-refractivity contribution in [1.82, 2.24) is 15.2 Å². The van der Waals surface area contributed by atoms with E-state index in [9.17, 15) is 4.79 Å². The highest BCUT2D eigenvalue weighted by Crippen LogP contribution is 2.18. The number of nitrogens with zero attached hydrogens (tertiary/aromatic N) is 2. The van der Waals surface area contributed by atoms with Crippen LogP contribution in [0.25, 0.3) is 0 Å². The largest absolute Gasteiger partial charge is 0.350 e. The van der Waals surface area contributed by atoms with Crippen molar-refractivity contribution in [3.63, 3.8) is 0 Å². The molecule has 1 aromatic heterocycles. The molecule has 0 saturated carbocycles. The number of nitrogens with one attached hydrogen (secondary N) is 1. The van der Waals surface area contributed by atoms with Crippen LogP contribution in [-0.2, 0) is 6.42 Å². The second kappa shape index (κ2) is 7.71. The fourth-order valence-electron chi connectivity index (χ4n) is 2.37. The standard InChI is InChI=1S/C18H23N3O/c1-4-14-5-7-15(8-6-14)17(21(2)3)13-20-18(22)16-9-11-19-12-10-16/h5-12,17H,4,13H2,1-3H3,(H,20,22). The highest BCUT2D eigenvalue weighted by molar-refractivity contribution is 5.93. The van der Waals surface area contributed by atoms with E-state index in [1.54, 1.807) is 24.5 Å². The average Bonchev–Trinajstić information content (AvgIpc) is 2.56. The number of pyridine rings is 1. The van der Waals surface area contributed by atoms with Gasteiger partial charge in [0.1, 0.15) is 0 Å². The van der Waals surface area contributed by atoms with E-state index in [0.29, 0.717) is 12.1 Å². The number of aromatic nitrogens is 1. The van der Waals surface area contributed by atoms with Gasteiger partial charge in [0.05, 0.1) is 6.04 Å². The summed E-state index contributed by atoms with van der Waals surface area (Å²) in [4.78, 5) is 18.2. The number of carbonyl (C=O) groups is 1. The molecule has 2 rings (SSSR count). The first-order valence-corrected chi connectivity index (χ1v) is 7.55. The summed E-state index contributed by atoms with van der Waals surface area (Å²) in [6.07, 6.45) is 4.29. The van der Waals surface area contributed by atoms with Crippen molar-refractivity contribution in [2.45, 2.75) is 19.4 Å². The minimum atomic E-state index is -0.0700. The van der Waals surface area contributed by atoms with E-state index >= 15 is 0 Å². The molecule has 1 heterocycles.